The Balaban J connectivity index is 1.31. The first-order valence-electron chi connectivity index (χ1n) is 14.5. The number of hydrogen-bond acceptors (Lipinski definition) is 7. The number of amides is 3. The van der Waals surface area contributed by atoms with Gasteiger partial charge in [0.2, 0.25) is 0 Å². The first kappa shape index (κ1) is 30.0. The van der Waals surface area contributed by atoms with Gasteiger partial charge in [0.05, 0.1) is 29.4 Å². The molecular weight excluding hydrogens is 598 g/mol. The number of fused-ring (bicyclic) bond motifs is 7. The van der Waals surface area contributed by atoms with Gasteiger partial charge in [-0.15, -0.1) is 0 Å². The van der Waals surface area contributed by atoms with Crippen LogP contribution in [-0.2, 0) is 11.3 Å². The Morgan fingerprint density at radius 1 is 1.11 bits per heavy atom. The van der Waals surface area contributed by atoms with E-state index in [0.717, 1.165) is 11.1 Å². The molecule has 1 aromatic heterocycles. The molecule has 0 aliphatic carbocycles. The molecule has 2 N–H and O–H groups in total. The van der Waals surface area contributed by atoms with Crippen LogP contribution in [0.5, 0.6) is 17.2 Å². The lowest BCUT2D eigenvalue weighted by Crippen LogP contribution is -2.58. The van der Waals surface area contributed by atoms with Gasteiger partial charge in [0.15, 0.2) is 6.61 Å². The van der Waals surface area contributed by atoms with Crippen molar-refractivity contribution in [3.05, 3.63) is 100 Å². The molecule has 0 unspecified atom stereocenters. The fourth-order valence-electron chi connectivity index (χ4n) is 5.46. The zero-order valence-electron chi connectivity index (χ0n) is 24.8. The van der Waals surface area contributed by atoms with Gasteiger partial charge in [-0.25, -0.2) is 4.68 Å². The number of ether oxygens (including phenoxy) is 3. The maximum atomic E-state index is 13.8. The number of aromatic nitrogens is 2. The number of carbonyl (C=O) groups excluding carboxylic acids is 3. The predicted octanol–water partition coefficient (Wildman–Crippen LogP) is 3.94. The van der Waals surface area contributed by atoms with Gasteiger partial charge in [0.25, 0.3) is 17.7 Å². The Hall–Kier alpha value is -5.03. The largest absolute Gasteiger partial charge is 0.496 e. The molecule has 4 bridgehead atoms. The molecule has 4 aromatic rings. The minimum absolute atomic E-state index is 0.181. The van der Waals surface area contributed by atoms with E-state index in [0.29, 0.717) is 52.1 Å². The first-order valence-corrected chi connectivity index (χ1v) is 14.9. The van der Waals surface area contributed by atoms with Gasteiger partial charge in [0.1, 0.15) is 23.4 Å². The molecule has 4 heterocycles. The van der Waals surface area contributed by atoms with Gasteiger partial charge in [-0.1, -0.05) is 17.7 Å². The van der Waals surface area contributed by atoms with Crippen molar-refractivity contribution in [1.29, 1.82) is 0 Å². The standard InChI is InChI=1S/C33H32ClN5O6/c1-20-4-5-21-14-29(20)44-19-31(40)35-17-22-6-8-24(16-30(22)43-2)45-28-10-13-38(18-27(28)37-32(21)41)33(42)25-15-23(7-9-26(25)34)39-12-3-11-36-39/h3-9,11-12,14-16,27-28H,10,13,17-19H2,1-2H3,(H,35,40)(H,37,41)/t27-,28+/m0/s1. The second-order valence-corrected chi connectivity index (χ2v) is 11.3. The fraction of sp³-hybridized carbons (Fsp3) is 0.273. The lowest BCUT2D eigenvalue weighted by molar-refractivity contribution is -0.123. The Morgan fingerprint density at radius 2 is 1.98 bits per heavy atom. The topological polar surface area (TPSA) is 124 Å². The lowest BCUT2D eigenvalue weighted by Gasteiger charge is -2.39. The average molecular weight is 630 g/mol. The highest BCUT2D eigenvalue weighted by molar-refractivity contribution is 6.33. The summed E-state index contributed by atoms with van der Waals surface area (Å²) >= 11 is 6.51. The molecule has 1 fully saturated rings. The Morgan fingerprint density at radius 3 is 2.78 bits per heavy atom. The highest BCUT2D eigenvalue weighted by Crippen LogP contribution is 2.29. The molecule has 0 saturated carbocycles. The number of aryl methyl sites for hydroxylation is 1. The summed E-state index contributed by atoms with van der Waals surface area (Å²) in [5.41, 5.74) is 2.93. The highest BCUT2D eigenvalue weighted by Gasteiger charge is 2.35. The third kappa shape index (κ3) is 6.58. The molecule has 0 radical (unpaired) electrons. The number of likely N-dealkylation sites (tertiary alicyclic amines) is 1. The highest BCUT2D eigenvalue weighted by atomic mass is 35.5. The van der Waals surface area contributed by atoms with Gasteiger partial charge in [-0.2, -0.15) is 5.10 Å². The van der Waals surface area contributed by atoms with Crippen LogP contribution in [0, 0.1) is 6.92 Å². The summed E-state index contributed by atoms with van der Waals surface area (Å²) in [6.07, 6.45) is 3.42. The number of halogens is 1. The zero-order valence-corrected chi connectivity index (χ0v) is 25.5. The van der Waals surface area contributed by atoms with E-state index in [-0.39, 0.29) is 37.4 Å². The molecule has 232 valence electrons. The molecule has 12 heteroatoms. The van der Waals surface area contributed by atoms with Gasteiger partial charge < -0.3 is 29.7 Å². The smallest absolute Gasteiger partial charge is 0.258 e. The quantitative estimate of drug-likeness (QED) is 0.352. The maximum absolute atomic E-state index is 13.8. The monoisotopic (exact) mass is 629 g/mol. The van der Waals surface area contributed by atoms with Crippen molar-refractivity contribution < 1.29 is 28.6 Å². The number of hydrogen-bond donors (Lipinski definition) is 2. The normalized spacial score (nSPS) is 18.5. The summed E-state index contributed by atoms with van der Waals surface area (Å²) < 4.78 is 19.4. The second kappa shape index (κ2) is 12.9. The maximum Gasteiger partial charge on any atom is 0.258 e. The van der Waals surface area contributed by atoms with Gasteiger partial charge >= 0.3 is 0 Å². The van der Waals surface area contributed by atoms with Gasteiger partial charge in [0, 0.05) is 55.6 Å². The third-order valence-electron chi connectivity index (χ3n) is 7.93. The van der Waals surface area contributed by atoms with Crippen molar-refractivity contribution in [2.75, 3.05) is 26.8 Å². The molecule has 45 heavy (non-hydrogen) atoms. The van der Waals surface area contributed by atoms with Crippen molar-refractivity contribution in [2.24, 2.45) is 0 Å². The molecule has 2 atom stereocenters. The van der Waals surface area contributed by atoms with E-state index in [2.05, 4.69) is 15.7 Å². The summed E-state index contributed by atoms with van der Waals surface area (Å²) in [6, 6.07) is 16.8. The van der Waals surface area contributed by atoms with Crippen LogP contribution in [0.2, 0.25) is 5.02 Å². The first-order chi connectivity index (χ1) is 21.8. The molecule has 1 saturated heterocycles. The molecule has 3 aliphatic rings. The fourth-order valence-corrected chi connectivity index (χ4v) is 5.66. The van der Waals surface area contributed by atoms with Gasteiger partial charge in [-0.05, 0) is 61.0 Å². The molecule has 11 nitrogen and oxygen atoms in total. The molecule has 3 aromatic carbocycles. The van der Waals surface area contributed by atoms with E-state index in [4.69, 9.17) is 25.8 Å². The van der Waals surface area contributed by atoms with Crippen LogP contribution in [0.1, 0.15) is 38.3 Å². The van der Waals surface area contributed by atoms with Crippen molar-refractivity contribution in [3.63, 3.8) is 0 Å². The number of nitrogens with zero attached hydrogens (tertiary/aromatic N) is 3. The summed E-state index contributed by atoms with van der Waals surface area (Å²) in [5, 5.41) is 10.5. The van der Waals surface area contributed by atoms with E-state index in [9.17, 15) is 14.4 Å². The predicted molar refractivity (Wildman–Crippen MR) is 166 cm³/mol. The molecule has 0 spiro atoms. The van der Waals surface area contributed by atoms with E-state index < -0.39 is 12.1 Å². The van der Waals surface area contributed by atoms with Crippen molar-refractivity contribution in [2.45, 2.75) is 32.0 Å². The number of piperidine rings is 1. The van der Waals surface area contributed by atoms with E-state index in [1.807, 2.05) is 13.0 Å². The van der Waals surface area contributed by atoms with E-state index in [1.165, 1.54) is 0 Å². The number of methoxy groups -OCH3 is 1. The summed E-state index contributed by atoms with van der Waals surface area (Å²) in [5.74, 6) is 0.546. The number of nitrogens with one attached hydrogen (secondary N) is 2. The van der Waals surface area contributed by atoms with Crippen LogP contribution >= 0.6 is 11.6 Å². The number of carbonyl (C=O) groups is 3. The third-order valence-corrected chi connectivity index (χ3v) is 8.26. The summed E-state index contributed by atoms with van der Waals surface area (Å²) in [6.45, 7) is 2.41. The van der Waals surface area contributed by atoms with Gasteiger partial charge in [-0.3, -0.25) is 14.4 Å². The number of benzene rings is 3. The minimum Gasteiger partial charge on any atom is -0.496 e. The lowest BCUT2D eigenvalue weighted by atomic mass is 9.99. The van der Waals surface area contributed by atoms with Crippen molar-refractivity contribution >= 4 is 29.3 Å². The van der Waals surface area contributed by atoms with Crippen LogP contribution in [0.3, 0.4) is 0 Å². The molecule has 7 rings (SSSR count). The second-order valence-electron chi connectivity index (χ2n) is 10.9. The molecule has 3 aliphatic heterocycles. The summed E-state index contributed by atoms with van der Waals surface area (Å²) in [7, 11) is 1.55. The Labute approximate surface area is 265 Å². The minimum atomic E-state index is -0.571. The van der Waals surface area contributed by atoms with Crippen molar-refractivity contribution in [3.8, 4) is 22.9 Å². The zero-order chi connectivity index (χ0) is 31.5. The van der Waals surface area contributed by atoms with Crippen LogP contribution in [-0.4, -0.2) is 71.4 Å². The Kier molecular flexibility index (Phi) is 8.61. The van der Waals surface area contributed by atoms with E-state index in [1.54, 1.807) is 83.7 Å². The SMILES string of the molecule is COc1cc2ccc1CNC(=O)COc1cc(ccc1C)C(=O)N[C@H]1CN(C(=O)c3cc(-n4cccn4)ccc3Cl)CC[C@H]1O2. The Bertz CT molecular complexity index is 1740. The molecule has 3 amide bonds. The summed E-state index contributed by atoms with van der Waals surface area (Å²) in [4.78, 5) is 41.7. The van der Waals surface area contributed by atoms with Crippen LogP contribution in [0.4, 0.5) is 0 Å². The number of rotatable bonds is 3. The van der Waals surface area contributed by atoms with Crippen LogP contribution in [0.15, 0.2) is 73.1 Å². The average Bonchev–Trinajstić information content (AvgIpc) is 3.59. The van der Waals surface area contributed by atoms with E-state index >= 15 is 0 Å². The van der Waals surface area contributed by atoms with Crippen LogP contribution in [0.25, 0.3) is 5.69 Å². The van der Waals surface area contributed by atoms with Crippen LogP contribution < -0.4 is 24.8 Å². The molecular formula is C33H32ClN5O6. The van der Waals surface area contributed by atoms with Crippen molar-refractivity contribution in [1.82, 2.24) is 25.3 Å².